The summed E-state index contributed by atoms with van der Waals surface area (Å²) in [6.07, 6.45) is 6.99. The van der Waals surface area contributed by atoms with Gasteiger partial charge in [-0.1, -0.05) is 61.0 Å². The molecule has 8 heteroatoms. The molecule has 0 radical (unpaired) electrons. The maximum absolute atomic E-state index is 13.6. The van der Waals surface area contributed by atoms with E-state index in [-0.39, 0.29) is 24.3 Å². The smallest absolute Gasteiger partial charge is 0.410 e. The molecule has 2 unspecified atom stereocenters. The second-order valence-corrected chi connectivity index (χ2v) is 15.0. The third-order valence-corrected chi connectivity index (χ3v) is 8.89. The Balaban J connectivity index is 1.46. The first-order valence-electron chi connectivity index (χ1n) is 17.1. The Labute approximate surface area is 281 Å². The predicted molar refractivity (Wildman–Crippen MR) is 185 cm³/mol. The van der Waals surface area contributed by atoms with Crippen molar-refractivity contribution in [1.82, 2.24) is 9.80 Å². The number of esters is 1. The highest BCUT2D eigenvalue weighted by Crippen LogP contribution is 2.45. The van der Waals surface area contributed by atoms with E-state index in [4.69, 9.17) is 14.2 Å². The fourth-order valence-electron chi connectivity index (χ4n) is 6.47. The summed E-state index contributed by atoms with van der Waals surface area (Å²) in [6.45, 7) is 14.6. The molecule has 0 heterocycles. The molecule has 2 aliphatic rings. The van der Waals surface area contributed by atoms with Crippen molar-refractivity contribution in [2.24, 2.45) is 11.8 Å². The lowest BCUT2D eigenvalue weighted by atomic mass is 9.84. The van der Waals surface area contributed by atoms with E-state index >= 15 is 0 Å². The molecule has 47 heavy (non-hydrogen) atoms. The zero-order valence-electron chi connectivity index (χ0n) is 29.6. The fourth-order valence-corrected chi connectivity index (χ4v) is 6.47. The summed E-state index contributed by atoms with van der Waals surface area (Å²) in [7, 11) is 1.36. The molecule has 8 nitrogen and oxygen atoms in total. The minimum Gasteiger partial charge on any atom is -0.465 e. The van der Waals surface area contributed by atoms with Crippen LogP contribution in [0.1, 0.15) is 108 Å². The van der Waals surface area contributed by atoms with Crippen molar-refractivity contribution in [1.29, 1.82) is 0 Å². The molecular formula is C39H54N2O6. The van der Waals surface area contributed by atoms with Gasteiger partial charge in [0.1, 0.15) is 11.2 Å². The molecule has 256 valence electrons. The Hall–Kier alpha value is -3.81. The van der Waals surface area contributed by atoms with E-state index in [9.17, 15) is 14.4 Å². The molecule has 0 aliphatic heterocycles. The molecule has 0 spiro atoms. The summed E-state index contributed by atoms with van der Waals surface area (Å²) < 4.78 is 16.6. The standard InChI is InChI=1S/C39H54N2O6/c1-9-30(23-27-13-11-10-12-14-27)33-24-34(33)41(37(44)47-39(5,6)7)26-29-17-21-32(22-18-29)40(36(43)46-38(2,3)4)25-28-15-19-31(20-16-28)35(42)45-8/h10-16,19-20,23,29,32-34H,9,17-18,21-22,24-26H2,1-8H3. The van der Waals surface area contributed by atoms with E-state index in [1.54, 1.807) is 12.1 Å². The molecule has 2 atom stereocenters. The van der Waals surface area contributed by atoms with Gasteiger partial charge in [0.15, 0.2) is 0 Å². The summed E-state index contributed by atoms with van der Waals surface area (Å²) in [5.74, 6) is 0.246. The quantitative estimate of drug-likeness (QED) is 0.189. The molecule has 4 rings (SSSR count). The predicted octanol–water partition coefficient (Wildman–Crippen LogP) is 8.89. The van der Waals surface area contributed by atoms with Gasteiger partial charge in [-0.15, -0.1) is 0 Å². The molecule has 2 fully saturated rings. The van der Waals surface area contributed by atoms with Crippen LogP contribution in [0.15, 0.2) is 60.2 Å². The highest BCUT2D eigenvalue weighted by molar-refractivity contribution is 5.89. The second kappa shape index (κ2) is 15.4. The first kappa shape index (κ1) is 36.0. The van der Waals surface area contributed by atoms with Gasteiger partial charge >= 0.3 is 18.2 Å². The van der Waals surface area contributed by atoms with Gasteiger partial charge in [0.05, 0.1) is 12.7 Å². The van der Waals surface area contributed by atoms with E-state index in [0.717, 1.165) is 44.1 Å². The lowest BCUT2D eigenvalue weighted by Gasteiger charge is -2.39. The monoisotopic (exact) mass is 646 g/mol. The first-order chi connectivity index (χ1) is 22.2. The number of rotatable bonds is 10. The van der Waals surface area contributed by atoms with Crippen molar-refractivity contribution >= 4 is 24.2 Å². The van der Waals surface area contributed by atoms with E-state index in [1.807, 2.05) is 69.5 Å². The van der Waals surface area contributed by atoms with Gasteiger partial charge in [-0.2, -0.15) is 0 Å². The van der Waals surface area contributed by atoms with Crippen LogP contribution >= 0.6 is 0 Å². The molecule has 2 aliphatic carbocycles. The average molecular weight is 647 g/mol. The number of carbonyl (C=O) groups excluding carboxylic acids is 3. The van der Waals surface area contributed by atoms with Gasteiger partial charge in [-0.25, -0.2) is 14.4 Å². The van der Waals surface area contributed by atoms with Gasteiger partial charge in [-0.05, 0) is 109 Å². The first-order valence-corrected chi connectivity index (χ1v) is 17.1. The van der Waals surface area contributed by atoms with Crippen LogP contribution < -0.4 is 0 Å². The summed E-state index contributed by atoms with van der Waals surface area (Å²) in [5.41, 5.74) is 2.74. The molecule has 2 aromatic rings. The molecule has 2 amide bonds. The molecule has 2 aromatic carbocycles. The van der Waals surface area contributed by atoms with Gasteiger partial charge in [0.25, 0.3) is 0 Å². The number of benzene rings is 2. The summed E-state index contributed by atoms with van der Waals surface area (Å²) in [5, 5.41) is 0. The van der Waals surface area contributed by atoms with E-state index < -0.39 is 17.2 Å². The Kier molecular flexibility index (Phi) is 11.8. The number of amides is 2. The van der Waals surface area contributed by atoms with Crippen molar-refractivity contribution in [3.63, 3.8) is 0 Å². The highest BCUT2D eigenvalue weighted by Gasteiger charge is 2.47. The molecule has 2 saturated carbocycles. The lowest BCUT2D eigenvalue weighted by molar-refractivity contribution is 0.00499. The van der Waals surface area contributed by atoms with Crippen LogP contribution in [0.4, 0.5) is 9.59 Å². The van der Waals surface area contributed by atoms with Crippen LogP contribution in [0.5, 0.6) is 0 Å². The minimum absolute atomic E-state index is 0.00512. The van der Waals surface area contributed by atoms with Crippen LogP contribution in [0.25, 0.3) is 6.08 Å². The highest BCUT2D eigenvalue weighted by atomic mass is 16.6. The average Bonchev–Trinajstić information content (AvgIpc) is 3.80. The van der Waals surface area contributed by atoms with Gasteiger partial charge in [-0.3, -0.25) is 0 Å². The SMILES string of the molecule is CCC(=Cc1ccccc1)C1CC1N(CC1CCC(N(Cc2ccc(C(=O)OC)cc2)C(=O)OC(C)(C)C)CC1)C(=O)OC(C)(C)C. The Morgan fingerprint density at radius 2 is 1.38 bits per heavy atom. The lowest BCUT2D eigenvalue weighted by Crippen LogP contribution is -2.46. The van der Waals surface area contributed by atoms with Crippen LogP contribution in [0.2, 0.25) is 0 Å². The number of methoxy groups -OCH3 is 1. The van der Waals surface area contributed by atoms with E-state index in [0.29, 0.717) is 30.5 Å². The zero-order chi connectivity index (χ0) is 34.4. The zero-order valence-corrected chi connectivity index (χ0v) is 29.6. The van der Waals surface area contributed by atoms with Crippen molar-refractivity contribution in [2.75, 3.05) is 13.7 Å². The third kappa shape index (κ3) is 10.6. The van der Waals surface area contributed by atoms with Gasteiger partial charge in [0.2, 0.25) is 0 Å². The summed E-state index contributed by atoms with van der Waals surface area (Å²) >= 11 is 0. The maximum atomic E-state index is 13.6. The largest absolute Gasteiger partial charge is 0.465 e. The number of hydrogen-bond acceptors (Lipinski definition) is 6. The Bertz CT molecular complexity index is 1380. The Morgan fingerprint density at radius 1 is 0.809 bits per heavy atom. The molecular weight excluding hydrogens is 592 g/mol. The van der Waals surface area contributed by atoms with Crippen LogP contribution in [0.3, 0.4) is 0 Å². The van der Waals surface area contributed by atoms with Crippen LogP contribution in [-0.4, -0.2) is 64.9 Å². The van der Waals surface area contributed by atoms with Gasteiger partial charge < -0.3 is 24.0 Å². The number of hydrogen-bond donors (Lipinski definition) is 0. The van der Waals surface area contributed by atoms with E-state index in [1.165, 1.54) is 18.2 Å². The maximum Gasteiger partial charge on any atom is 0.410 e. The topological polar surface area (TPSA) is 85.4 Å². The van der Waals surface area contributed by atoms with Crippen molar-refractivity contribution in [3.8, 4) is 0 Å². The minimum atomic E-state index is -0.623. The molecule has 0 bridgehead atoms. The summed E-state index contributed by atoms with van der Waals surface area (Å²) in [4.78, 5) is 42.8. The number of nitrogens with zero attached hydrogens (tertiary/aromatic N) is 2. The molecule has 0 N–H and O–H groups in total. The van der Waals surface area contributed by atoms with Crippen LogP contribution in [0, 0.1) is 11.8 Å². The number of ether oxygens (including phenoxy) is 3. The van der Waals surface area contributed by atoms with E-state index in [2.05, 4.69) is 37.3 Å². The molecule has 0 saturated heterocycles. The third-order valence-electron chi connectivity index (χ3n) is 8.89. The fraction of sp³-hybridized carbons (Fsp3) is 0.564. The van der Waals surface area contributed by atoms with Gasteiger partial charge in [0, 0.05) is 31.1 Å². The second-order valence-electron chi connectivity index (χ2n) is 15.0. The van der Waals surface area contributed by atoms with Crippen molar-refractivity contribution in [3.05, 3.63) is 76.9 Å². The summed E-state index contributed by atoms with van der Waals surface area (Å²) in [6, 6.07) is 17.7. The van der Waals surface area contributed by atoms with Crippen LogP contribution in [-0.2, 0) is 20.8 Å². The Morgan fingerprint density at radius 3 is 1.91 bits per heavy atom. The number of carbonyl (C=O) groups is 3. The molecule has 0 aromatic heterocycles. The van der Waals surface area contributed by atoms with Crippen molar-refractivity contribution < 1.29 is 28.6 Å². The van der Waals surface area contributed by atoms with Crippen molar-refractivity contribution in [2.45, 2.75) is 117 Å². The normalized spacial score (nSPS) is 21.4.